The summed E-state index contributed by atoms with van der Waals surface area (Å²) in [6.07, 6.45) is 2.90. The fourth-order valence-electron chi connectivity index (χ4n) is 5.70. The highest BCUT2D eigenvalue weighted by Crippen LogP contribution is 2.29. The number of ether oxygens (including phenoxy) is 1. The number of nitrogens with zero attached hydrogens (tertiary/aromatic N) is 3. The van der Waals surface area contributed by atoms with Crippen LogP contribution in [0.4, 0.5) is 5.69 Å². The van der Waals surface area contributed by atoms with E-state index < -0.39 is 10.0 Å². The lowest BCUT2D eigenvalue weighted by molar-refractivity contribution is -0.118. The summed E-state index contributed by atoms with van der Waals surface area (Å²) in [7, 11) is -0.616. The van der Waals surface area contributed by atoms with E-state index in [4.69, 9.17) is 4.74 Å². The number of rotatable bonds is 13. The average Bonchev–Trinajstić information content (AvgIpc) is 2.90. The quantitative estimate of drug-likeness (QED) is 0.345. The molecule has 0 unspecified atom stereocenters. The molecular weight excluding hydrogens is 510 g/mol. The molecule has 0 saturated carbocycles. The van der Waals surface area contributed by atoms with Crippen molar-refractivity contribution in [2.45, 2.75) is 65.2 Å². The molecule has 0 amide bonds. The Morgan fingerprint density at radius 3 is 2.15 bits per heavy atom. The molecule has 1 aliphatic rings. The number of anilines is 1. The molecule has 0 aromatic heterocycles. The van der Waals surface area contributed by atoms with Crippen LogP contribution in [-0.2, 0) is 21.2 Å². The molecule has 1 fully saturated rings. The van der Waals surface area contributed by atoms with Crippen LogP contribution in [0.2, 0.25) is 0 Å². The lowest BCUT2D eigenvalue weighted by atomic mass is 9.94. The molecule has 3 rings (SSSR count). The number of hydrogen-bond acceptors (Lipinski definition) is 6. The largest absolute Gasteiger partial charge is 0.497 e. The molecule has 2 aromatic rings. The first-order chi connectivity index (χ1) is 18.5. The van der Waals surface area contributed by atoms with Crippen molar-refractivity contribution in [1.29, 1.82) is 0 Å². The zero-order valence-corrected chi connectivity index (χ0v) is 25.7. The monoisotopic (exact) mass is 557 g/mol. The van der Waals surface area contributed by atoms with Gasteiger partial charge in [-0.05, 0) is 93.1 Å². The first-order valence-electron chi connectivity index (χ1n) is 14.2. The second-order valence-corrected chi connectivity index (χ2v) is 12.9. The van der Waals surface area contributed by atoms with Gasteiger partial charge in [0.05, 0.1) is 12.0 Å². The first-order valence-corrected chi connectivity index (χ1v) is 15.6. The van der Waals surface area contributed by atoms with Gasteiger partial charge in [-0.2, -0.15) is 0 Å². The van der Waals surface area contributed by atoms with Gasteiger partial charge in [-0.3, -0.25) is 4.79 Å². The van der Waals surface area contributed by atoms with Gasteiger partial charge in [0.15, 0.2) is 0 Å². The molecule has 0 atom stereocenters. The van der Waals surface area contributed by atoms with E-state index >= 15 is 0 Å². The number of methoxy groups -OCH3 is 1. The van der Waals surface area contributed by atoms with E-state index in [0.29, 0.717) is 23.3 Å². The minimum atomic E-state index is -3.72. The summed E-state index contributed by atoms with van der Waals surface area (Å²) in [6, 6.07) is 9.75. The van der Waals surface area contributed by atoms with E-state index in [9.17, 15) is 13.2 Å². The summed E-state index contributed by atoms with van der Waals surface area (Å²) >= 11 is 0. The second-order valence-electron chi connectivity index (χ2n) is 10.9. The fourth-order valence-corrected chi connectivity index (χ4v) is 7.27. The summed E-state index contributed by atoms with van der Waals surface area (Å²) in [5, 5.41) is 0. The standard InChI is InChI=1S/C31H47N3O4S/c1-8-33(9-2)22-26-12-16-34(17-13-26)30-11-10-27(18-23(30)3)21-28(35)14-15-32(6)39(36,37)31-24(4)19-29(38-7)20-25(31)5/h10-11,18-20,26H,8-9,12-17,21-22H2,1-7H3. The maximum absolute atomic E-state index is 13.2. The molecular formula is C31H47N3O4S. The Balaban J connectivity index is 1.55. The predicted octanol–water partition coefficient (Wildman–Crippen LogP) is 5.00. The van der Waals surface area contributed by atoms with Crippen molar-refractivity contribution in [2.75, 3.05) is 58.3 Å². The summed E-state index contributed by atoms with van der Waals surface area (Å²) in [4.78, 5) is 18.1. The van der Waals surface area contributed by atoms with E-state index in [1.807, 2.05) is 6.07 Å². The van der Waals surface area contributed by atoms with Gasteiger partial charge in [-0.1, -0.05) is 26.0 Å². The molecule has 39 heavy (non-hydrogen) atoms. The zero-order chi connectivity index (χ0) is 28.7. The number of benzene rings is 2. The fraction of sp³-hybridized carbons (Fsp3) is 0.581. The molecule has 0 aliphatic carbocycles. The third-order valence-corrected chi connectivity index (χ3v) is 10.2. The predicted molar refractivity (Wildman–Crippen MR) is 160 cm³/mol. The van der Waals surface area contributed by atoms with Crippen LogP contribution in [0.1, 0.15) is 55.4 Å². The van der Waals surface area contributed by atoms with E-state index in [1.54, 1.807) is 33.1 Å². The number of carbonyl (C=O) groups excluding carboxylic acids is 1. The third kappa shape index (κ3) is 7.83. The van der Waals surface area contributed by atoms with Crippen molar-refractivity contribution in [3.8, 4) is 5.75 Å². The van der Waals surface area contributed by atoms with Crippen LogP contribution in [0, 0.1) is 26.7 Å². The number of ketones is 1. The zero-order valence-electron chi connectivity index (χ0n) is 24.9. The Hall–Kier alpha value is -2.42. The number of hydrogen-bond donors (Lipinski definition) is 0. The number of carbonyl (C=O) groups is 1. The van der Waals surface area contributed by atoms with Crippen LogP contribution in [0.3, 0.4) is 0 Å². The lowest BCUT2D eigenvalue weighted by Crippen LogP contribution is -2.39. The van der Waals surface area contributed by atoms with Crippen LogP contribution in [0.25, 0.3) is 0 Å². The van der Waals surface area contributed by atoms with Crippen molar-refractivity contribution in [3.05, 3.63) is 52.6 Å². The Kier molecular flexibility index (Phi) is 11.0. The summed E-state index contributed by atoms with van der Waals surface area (Å²) < 4.78 is 33.0. The van der Waals surface area contributed by atoms with Gasteiger partial charge >= 0.3 is 0 Å². The molecule has 2 aromatic carbocycles. The molecule has 8 heteroatoms. The van der Waals surface area contributed by atoms with Crippen LogP contribution in [-0.4, -0.2) is 76.8 Å². The van der Waals surface area contributed by atoms with Crippen molar-refractivity contribution in [1.82, 2.24) is 9.21 Å². The van der Waals surface area contributed by atoms with Crippen LogP contribution in [0.5, 0.6) is 5.75 Å². The number of sulfonamides is 1. The Bertz CT molecular complexity index is 1210. The van der Waals surface area contributed by atoms with E-state index in [-0.39, 0.29) is 23.6 Å². The molecule has 0 radical (unpaired) electrons. The average molecular weight is 558 g/mol. The minimum Gasteiger partial charge on any atom is -0.497 e. The van der Waals surface area contributed by atoms with Gasteiger partial charge in [-0.25, -0.2) is 12.7 Å². The van der Waals surface area contributed by atoms with E-state index in [0.717, 1.165) is 37.7 Å². The Labute approximate surface area is 236 Å². The first kappa shape index (κ1) is 31.1. The molecule has 1 heterocycles. The van der Waals surface area contributed by atoms with Crippen molar-refractivity contribution >= 4 is 21.5 Å². The van der Waals surface area contributed by atoms with Gasteiger partial charge < -0.3 is 14.5 Å². The molecule has 7 nitrogen and oxygen atoms in total. The smallest absolute Gasteiger partial charge is 0.243 e. The summed E-state index contributed by atoms with van der Waals surface area (Å²) in [6.45, 7) is 15.8. The van der Waals surface area contributed by atoms with Gasteiger partial charge in [0.2, 0.25) is 10.0 Å². The van der Waals surface area contributed by atoms with Gasteiger partial charge in [0.25, 0.3) is 0 Å². The topological polar surface area (TPSA) is 70.2 Å². The minimum absolute atomic E-state index is 0.0320. The van der Waals surface area contributed by atoms with Gasteiger partial charge in [0.1, 0.15) is 11.5 Å². The van der Waals surface area contributed by atoms with Crippen LogP contribution >= 0.6 is 0 Å². The van der Waals surface area contributed by atoms with Crippen molar-refractivity contribution in [2.24, 2.45) is 5.92 Å². The summed E-state index contributed by atoms with van der Waals surface area (Å²) in [5.74, 6) is 1.42. The van der Waals surface area contributed by atoms with Crippen LogP contribution in [0.15, 0.2) is 35.2 Å². The molecule has 0 bridgehead atoms. The molecule has 0 N–H and O–H groups in total. The lowest BCUT2D eigenvalue weighted by Gasteiger charge is -2.36. The van der Waals surface area contributed by atoms with Crippen LogP contribution < -0.4 is 9.64 Å². The SMILES string of the molecule is CCN(CC)CC1CCN(c2ccc(CC(=O)CCN(C)S(=O)(=O)c3c(C)cc(OC)cc3C)cc2C)CC1. The number of Topliss-reactive ketones (excluding diaryl/α,β-unsaturated/α-hetero) is 1. The van der Waals surface area contributed by atoms with E-state index in [2.05, 4.69) is 42.7 Å². The Morgan fingerprint density at radius 2 is 1.62 bits per heavy atom. The second kappa shape index (κ2) is 13.8. The van der Waals surface area contributed by atoms with Gasteiger partial charge in [0, 0.05) is 51.8 Å². The van der Waals surface area contributed by atoms with Crippen molar-refractivity contribution < 1.29 is 17.9 Å². The third-order valence-electron chi connectivity index (χ3n) is 8.07. The van der Waals surface area contributed by atoms with Crippen molar-refractivity contribution in [3.63, 3.8) is 0 Å². The van der Waals surface area contributed by atoms with Gasteiger partial charge in [-0.15, -0.1) is 0 Å². The number of aryl methyl sites for hydroxylation is 3. The Morgan fingerprint density at radius 1 is 1.00 bits per heavy atom. The maximum atomic E-state index is 13.2. The molecule has 0 spiro atoms. The highest BCUT2D eigenvalue weighted by Gasteiger charge is 2.26. The normalized spacial score (nSPS) is 14.8. The molecule has 1 aliphatic heterocycles. The molecule has 216 valence electrons. The summed E-state index contributed by atoms with van der Waals surface area (Å²) in [5.41, 5.74) is 4.68. The van der Waals surface area contributed by atoms with E-state index in [1.165, 1.54) is 42.0 Å². The maximum Gasteiger partial charge on any atom is 0.243 e. The highest BCUT2D eigenvalue weighted by atomic mass is 32.2. The number of piperidine rings is 1. The highest BCUT2D eigenvalue weighted by molar-refractivity contribution is 7.89. The molecule has 1 saturated heterocycles.